The highest BCUT2D eigenvalue weighted by Crippen LogP contribution is 2.04. The van der Waals surface area contributed by atoms with Gasteiger partial charge in [0.2, 0.25) is 10.0 Å². The van der Waals surface area contributed by atoms with Crippen LogP contribution in [0.2, 0.25) is 0 Å². The monoisotopic (exact) mass is 448 g/mol. The summed E-state index contributed by atoms with van der Waals surface area (Å²) in [6.07, 6.45) is 1.05. The summed E-state index contributed by atoms with van der Waals surface area (Å²) in [5.74, 6) is 1.34. The molecule has 0 unspecified atom stereocenters. The van der Waals surface area contributed by atoms with E-state index >= 15 is 0 Å². The van der Waals surface area contributed by atoms with Crippen molar-refractivity contribution in [2.24, 2.45) is 10.9 Å². The minimum atomic E-state index is -3.21. The van der Waals surface area contributed by atoms with Crippen LogP contribution in [-0.4, -0.2) is 70.9 Å². The number of hydrogen-bond acceptors (Lipinski definition) is 4. The van der Waals surface area contributed by atoms with Gasteiger partial charge in [-0.3, -0.25) is 4.99 Å². The summed E-state index contributed by atoms with van der Waals surface area (Å²) in [5, 5.41) is 6.22. The lowest BCUT2D eigenvalue weighted by molar-refractivity contribution is 0.0730. The van der Waals surface area contributed by atoms with Crippen LogP contribution in [0.1, 0.15) is 20.3 Å². The van der Waals surface area contributed by atoms with Crippen molar-refractivity contribution in [3.63, 3.8) is 0 Å². The molecule has 1 aliphatic heterocycles. The van der Waals surface area contributed by atoms with Gasteiger partial charge in [-0.05, 0) is 12.3 Å². The fourth-order valence-electron chi connectivity index (χ4n) is 1.95. The standard InChI is InChI=1S/C13H28N4O3S.HI/c1-12(2)4-5-15-13(14-3)16-6-11-21(18,19)17-7-9-20-10-8-17;/h12H,4-11H2,1-3H3,(H2,14,15,16);1H. The van der Waals surface area contributed by atoms with Gasteiger partial charge in [0.25, 0.3) is 0 Å². The van der Waals surface area contributed by atoms with E-state index in [2.05, 4.69) is 29.5 Å². The van der Waals surface area contributed by atoms with Crippen LogP contribution in [0.3, 0.4) is 0 Å². The van der Waals surface area contributed by atoms with Gasteiger partial charge in [0.1, 0.15) is 0 Å². The number of rotatable bonds is 7. The second-order valence-electron chi connectivity index (χ2n) is 5.44. The number of sulfonamides is 1. The maximum Gasteiger partial charge on any atom is 0.215 e. The normalized spacial score (nSPS) is 17.2. The van der Waals surface area contributed by atoms with Crippen molar-refractivity contribution in [2.75, 3.05) is 52.2 Å². The first-order valence-corrected chi connectivity index (χ1v) is 9.06. The molecule has 0 spiro atoms. The molecule has 0 radical (unpaired) electrons. The van der Waals surface area contributed by atoms with Crippen LogP contribution in [0, 0.1) is 5.92 Å². The number of nitrogens with zero attached hydrogens (tertiary/aromatic N) is 2. The third-order valence-electron chi connectivity index (χ3n) is 3.25. The first-order valence-electron chi connectivity index (χ1n) is 7.46. The second kappa shape index (κ2) is 11.4. The zero-order valence-electron chi connectivity index (χ0n) is 13.7. The maximum atomic E-state index is 12.1. The predicted molar refractivity (Wildman–Crippen MR) is 100 cm³/mol. The Bertz CT molecular complexity index is 423. The average Bonchev–Trinajstić information content (AvgIpc) is 2.46. The van der Waals surface area contributed by atoms with Gasteiger partial charge in [-0.25, -0.2) is 8.42 Å². The van der Waals surface area contributed by atoms with Crippen molar-refractivity contribution in [3.05, 3.63) is 0 Å². The topological polar surface area (TPSA) is 83.0 Å². The van der Waals surface area contributed by atoms with Crippen LogP contribution in [0.25, 0.3) is 0 Å². The molecule has 0 saturated carbocycles. The minimum absolute atomic E-state index is 0. The summed E-state index contributed by atoms with van der Waals surface area (Å²) in [6, 6.07) is 0. The van der Waals surface area contributed by atoms with E-state index in [1.54, 1.807) is 7.05 Å². The van der Waals surface area contributed by atoms with Gasteiger partial charge >= 0.3 is 0 Å². The Morgan fingerprint density at radius 2 is 1.82 bits per heavy atom. The zero-order valence-corrected chi connectivity index (χ0v) is 16.8. The smallest absolute Gasteiger partial charge is 0.215 e. The van der Waals surface area contributed by atoms with E-state index < -0.39 is 10.0 Å². The van der Waals surface area contributed by atoms with E-state index in [1.165, 1.54) is 4.31 Å². The molecule has 2 N–H and O–H groups in total. The van der Waals surface area contributed by atoms with Crippen LogP contribution in [0.4, 0.5) is 0 Å². The Balaban J connectivity index is 0.00000441. The number of morpholine rings is 1. The molecule has 9 heteroatoms. The molecule has 7 nitrogen and oxygen atoms in total. The van der Waals surface area contributed by atoms with Crippen molar-refractivity contribution in [3.8, 4) is 0 Å². The second-order valence-corrected chi connectivity index (χ2v) is 7.52. The Kier molecular flexibility index (Phi) is 11.3. The van der Waals surface area contributed by atoms with Crippen LogP contribution in [0.15, 0.2) is 4.99 Å². The summed E-state index contributed by atoms with van der Waals surface area (Å²) in [6.45, 7) is 7.34. The lowest BCUT2D eigenvalue weighted by Gasteiger charge is -2.26. The van der Waals surface area contributed by atoms with Crippen molar-refractivity contribution in [2.45, 2.75) is 20.3 Å². The van der Waals surface area contributed by atoms with E-state index in [0.29, 0.717) is 44.7 Å². The third-order valence-corrected chi connectivity index (χ3v) is 5.13. The molecular formula is C13H29IN4O3S. The molecule has 22 heavy (non-hydrogen) atoms. The van der Waals surface area contributed by atoms with Crippen LogP contribution in [0.5, 0.6) is 0 Å². The number of guanidine groups is 1. The Morgan fingerprint density at radius 1 is 1.23 bits per heavy atom. The number of nitrogens with one attached hydrogen (secondary N) is 2. The van der Waals surface area contributed by atoms with Crippen LogP contribution in [-0.2, 0) is 14.8 Å². The molecule has 0 bridgehead atoms. The molecule has 0 aliphatic carbocycles. The minimum Gasteiger partial charge on any atom is -0.379 e. The van der Waals surface area contributed by atoms with Gasteiger partial charge in [-0.2, -0.15) is 4.31 Å². The molecule has 1 heterocycles. The van der Waals surface area contributed by atoms with E-state index in [-0.39, 0.29) is 29.7 Å². The van der Waals surface area contributed by atoms with Gasteiger partial charge in [-0.1, -0.05) is 13.8 Å². The summed E-state index contributed by atoms with van der Waals surface area (Å²) >= 11 is 0. The molecule has 1 fully saturated rings. The zero-order chi connectivity index (χ0) is 15.7. The van der Waals surface area contributed by atoms with Gasteiger partial charge in [0.15, 0.2) is 5.96 Å². The first kappa shape index (κ1) is 21.9. The largest absolute Gasteiger partial charge is 0.379 e. The molecule has 0 amide bonds. The molecular weight excluding hydrogens is 419 g/mol. The molecule has 1 rings (SSSR count). The highest BCUT2D eigenvalue weighted by atomic mass is 127. The van der Waals surface area contributed by atoms with E-state index in [9.17, 15) is 8.42 Å². The number of ether oxygens (including phenoxy) is 1. The average molecular weight is 448 g/mol. The van der Waals surface area contributed by atoms with Crippen molar-refractivity contribution in [1.29, 1.82) is 0 Å². The Hall–Kier alpha value is -0.130. The van der Waals surface area contributed by atoms with Gasteiger partial charge in [-0.15, -0.1) is 24.0 Å². The molecule has 0 aromatic carbocycles. The van der Waals surface area contributed by atoms with E-state index in [4.69, 9.17) is 4.74 Å². The summed E-state index contributed by atoms with van der Waals surface area (Å²) in [4.78, 5) is 4.08. The number of hydrogen-bond donors (Lipinski definition) is 2. The van der Waals surface area contributed by atoms with Crippen LogP contribution >= 0.6 is 24.0 Å². The Labute approximate surface area is 151 Å². The SMILES string of the molecule is CN=C(NCCC(C)C)NCCS(=O)(=O)N1CCOCC1.I. The first-order chi connectivity index (χ1) is 9.95. The lowest BCUT2D eigenvalue weighted by Crippen LogP contribution is -2.45. The summed E-state index contributed by atoms with van der Waals surface area (Å²) < 4.78 is 30.9. The quantitative estimate of drug-likeness (QED) is 0.336. The summed E-state index contributed by atoms with van der Waals surface area (Å²) in [5.41, 5.74) is 0. The molecule has 0 aromatic rings. The Morgan fingerprint density at radius 3 is 2.36 bits per heavy atom. The fourth-order valence-corrected chi connectivity index (χ4v) is 3.28. The van der Waals surface area contributed by atoms with Gasteiger partial charge in [0.05, 0.1) is 19.0 Å². The van der Waals surface area contributed by atoms with Crippen molar-refractivity contribution >= 4 is 40.0 Å². The lowest BCUT2D eigenvalue weighted by atomic mass is 10.1. The summed E-state index contributed by atoms with van der Waals surface area (Å²) in [7, 11) is -1.53. The molecule has 0 atom stereocenters. The van der Waals surface area contributed by atoms with Gasteiger partial charge < -0.3 is 15.4 Å². The number of aliphatic imine (C=N–C) groups is 1. The van der Waals surface area contributed by atoms with E-state index in [1.807, 2.05) is 0 Å². The third kappa shape index (κ3) is 8.49. The van der Waals surface area contributed by atoms with E-state index in [0.717, 1.165) is 13.0 Å². The van der Waals surface area contributed by atoms with Crippen LogP contribution < -0.4 is 10.6 Å². The fraction of sp³-hybridized carbons (Fsp3) is 0.923. The van der Waals surface area contributed by atoms with Crippen molar-refractivity contribution in [1.82, 2.24) is 14.9 Å². The highest BCUT2D eigenvalue weighted by Gasteiger charge is 2.23. The molecule has 1 aliphatic rings. The highest BCUT2D eigenvalue weighted by molar-refractivity contribution is 14.0. The maximum absolute atomic E-state index is 12.1. The molecule has 1 saturated heterocycles. The molecule has 0 aromatic heterocycles. The van der Waals surface area contributed by atoms with Crippen molar-refractivity contribution < 1.29 is 13.2 Å². The van der Waals surface area contributed by atoms with Gasteiger partial charge in [0, 0.05) is 33.2 Å². The predicted octanol–water partition coefficient (Wildman–Crippen LogP) is 0.478. The number of halogens is 1. The molecule has 132 valence electrons.